The van der Waals surface area contributed by atoms with Gasteiger partial charge in [-0.1, -0.05) is 58.4 Å². The summed E-state index contributed by atoms with van der Waals surface area (Å²) in [6, 6.07) is 0. The van der Waals surface area contributed by atoms with Crippen molar-refractivity contribution >= 4 is 13.8 Å². The van der Waals surface area contributed by atoms with Crippen molar-refractivity contribution in [2.75, 3.05) is 6.61 Å². The third-order valence-electron chi connectivity index (χ3n) is 3.44. The average Bonchev–Trinajstić information content (AvgIpc) is 2.44. The Labute approximate surface area is 139 Å². The topological polar surface area (TPSA) is 93.1 Å². The van der Waals surface area contributed by atoms with E-state index in [1.54, 1.807) is 6.92 Å². The number of hydrogen-bond acceptors (Lipinski definition) is 4. The van der Waals surface area contributed by atoms with Crippen LogP contribution < -0.4 is 0 Å². The molecule has 0 saturated carbocycles. The van der Waals surface area contributed by atoms with Crippen LogP contribution in [0.5, 0.6) is 0 Å². The van der Waals surface area contributed by atoms with Gasteiger partial charge in [0.05, 0.1) is 12.7 Å². The van der Waals surface area contributed by atoms with Crippen molar-refractivity contribution in [2.24, 2.45) is 0 Å². The van der Waals surface area contributed by atoms with Crippen LogP contribution in [-0.2, 0) is 18.6 Å². The Kier molecular flexibility index (Phi) is 12.3. The molecule has 0 bridgehead atoms. The maximum atomic E-state index is 11.3. The summed E-state index contributed by atoms with van der Waals surface area (Å²) in [6.45, 7) is 7.25. The van der Waals surface area contributed by atoms with E-state index in [4.69, 9.17) is 19.0 Å². The summed E-state index contributed by atoms with van der Waals surface area (Å²) in [6.07, 6.45) is 8.05. The first-order chi connectivity index (χ1) is 10.8. The first-order valence-corrected chi connectivity index (χ1v) is 9.86. The minimum absolute atomic E-state index is 0.0624. The molecule has 0 aromatic rings. The number of ether oxygens (including phenoxy) is 1. The van der Waals surface area contributed by atoms with Crippen molar-refractivity contribution in [3.63, 3.8) is 0 Å². The SMILES string of the molecule is C=C(C)C(=O)OCCC(CCCCCCCCC)OP(=O)(O)O. The van der Waals surface area contributed by atoms with Gasteiger partial charge in [0.15, 0.2) is 0 Å². The fourth-order valence-corrected chi connectivity index (χ4v) is 2.78. The Morgan fingerprint density at radius 2 is 1.65 bits per heavy atom. The van der Waals surface area contributed by atoms with E-state index < -0.39 is 19.9 Å². The molecule has 23 heavy (non-hydrogen) atoms. The fourth-order valence-electron chi connectivity index (χ4n) is 2.18. The standard InChI is InChI=1S/C16H31O6P/c1-4-5-6-7-8-9-10-11-15(22-23(18,19)20)12-13-21-16(17)14(2)3/h15H,2,4-13H2,1,3H3,(H2,18,19,20). The summed E-state index contributed by atoms with van der Waals surface area (Å²) in [5.74, 6) is -0.504. The van der Waals surface area contributed by atoms with Crippen LogP contribution in [0, 0.1) is 0 Å². The molecule has 0 amide bonds. The first-order valence-electron chi connectivity index (χ1n) is 8.32. The molecular weight excluding hydrogens is 319 g/mol. The molecule has 0 spiro atoms. The largest absolute Gasteiger partial charge is 0.469 e. The van der Waals surface area contributed by atoms with Gasteiger partial charge in [0.2, 0.25) is 0 Å². The number of carbonyl (C=O) groups is 1. The number of unbranched alkanes of at least 4 members (excludes halogenated alkanes) is 6. The minimum atomic E-state index is -4.53. The second-order valence-electron chi connectivity index (χ2n) is 5.83. The van der Waals surface area contributed by atoms with Gasteiger partial charge in [0, 0.05) is 12.0 Å². The maximum Gasteiger partial charge on any atom is 0.469 e. The highest BCUT2D eigenvalue weighted by atomic mass is 31.2. The van der Waals surface area contributed by atoms with E-state index in [2.05, 4.69) is 13.5 Å². The van der Waals surface area contributed by atoms with Crippen molar-refractivity contribution in [3.05, 3.63) is 12.2 Å². The van der Waals surface area contributed by atoms with Gasteiger partial charge in [0.1, 0.15) is 0 Å². The molecule has 0 heterocycles. The summed E-state index contributed by atoms with van der Waals surface area (Å²) in [4.78, 5) is 29.2. The number of esters is 1. The summed E-state index contributed by atoms with van der Waals surface area (Å²) in [7, 11) is -4.53. The Balaban J connectivity index is 4.03. The molecule has 136 valence electrons. The van der Waals surface area contributed by atoms with E-state index in [0.29, 0.717) is 12.0 Å². The third kappa shape index (κ3) is 14.6. The van der Waals surface area contributed by atoms with Gasteiger partial charge in [-0.3, -0.25) is 4.52 Å². The predicted molar refractivity (Wildman–Crippen MR) is 89.9 cm³/mol. The van der Waals surface area contributed by atoms with Crippen LogP contribution in [0.1, 0.15) is 71.6 Å². The Morgan fingerprint density at radius 3 is 2.17 bits per heavy atom. The highest BCUT2D eigenvalue weighted by Gasteiger charge is 2.22. The van der Waals surface area contributed by atoms with E-state index in [0.717, 1.165) is 19.3 Å². The van der Waals surface area contributed by atoms with Crippen LogP contribution in [0.4, 0.5) is 0 Å². The van der Waals surface area contributed by atoms with E-state index in [-0.39, 0.29) is 13.0 Å². The van der Waals surface area contributed by atoms with Gasteiger partial charge in [-0.15, -0.1) is 0 Å². The number of hydrogen-bond donors (Lipinski definition) is 2. The highest BCUT2D eigenvalue weighted by Crippen LogP contribution is 2.39. The lowest BCUT2D eigenvalue weighted by atomic mass is 10.1. The van der Waals surface area contributed by atoms with Crippen LogP contribution in [0.3, 0.4) is 0 Å². The molecule has 0 radical (unpaired) electrons. The third-order valence-corrected chi connectivity index (χ3v) is 4.01. The van der Waals surface area contributed by atoms with Crippen molar-refractivity contribution in [1.82, 2.24) is 0 Å². The number of phosphoric ester groups is 1. The number of rotatable bonds is 14. The molecule has 0 aliphatic heterocycles. The zero-order valence-electron chi connectivity index (χ0n) is 14.3. The first kappa shape index (κ1) is 22.3. The second-order valence-corrected chi connectivity index (χ2v) is 7.02. The summed E-state index contributed by atoms with van der Waals surface area (Å²) in [5.41, 5.74) is 0.296. The van der Waals surface area contributed by atoms with Gasteiger partial charge in [-0.2, -0.15) is 0 Å². The van der Waals surface area contributed by atoms with Gasteiger partial charge in [-0.05, 0) is 13.3 Å². The molecular formula is C16H31O6P. The van der Waals surface area contributed by atoms with Crippen LogP contribution in [0.25, 0.3) is 0 Å². The zero-order valence-corrected chi connectivity index (χ0v) is 15.2. The Bertz CT molecular complexity index is 390. The van der Waals surface area contributed by atoms with Crippen molar-refractivity contribution in [2.45, 2.75) is 77.7 Å². The smallest absolute Gasteiger partial charge is 0.462 e. The second kappa shape index (κ2) is 12.7. The van der Waals surface area contributed by atoms with Crippen molar-refractivity contribution < 1.29 is 28.4 Å². The minimum Gasteiger partial charge on any atom is -0.462 e. The molecule has 0 aliphatic rings. The zero-order chi connectivity index (χ0) is 17.7. The molecule has 7 heteroatoms. The van der Waals surface area contributed by atoms with Crippen molar-refractivity contribution in [1.29, 1.82) is 0 Å². The molecule has 0 aromatic carbocycles. The molecule has 0 aromatic heterocycles. The normalized spacial score (nSPS) is 12.9. The van der Waals surface area contributed by atoms with E-state index in [9.17, 15) is 9.36 Å². The highest BCUT2D eigenvalue weighted by molar-refractivity contribution is 7.46. The Morgan fingerprint density at radius 1 is 1.09 bits per heavy atom. The van der Waals surface area contributed by atoms with Gasteiger partial charge >= 0.3 is 13.8 Å². The average molecular weight is 350 g/mol. The lowest BCUT2D eigenvalue weighted by Gasteiger charge is -2.18. The van der Waals surface area contributed by atoms with Crippen LogP contribution in [0.2, 0.25) is 0 Å². The van der Waals surface area contributed by atoms with Gasteiger partial charge in [-0.25, -0.2) is 9.36 Å². The molecule has 6 nitrogen and oxygen atoms in total. The fraction of sp³-hybridized carbons (Fsp3) is 0.812. The van der Waals surface area contributed by atoms with Crippen molar-refractivity contribution in [3.8, 4) is 0 Å². The molecule has 2 N–H and O–H groups in total. The molecule has 1 unspecified atom stereocenters. The molecule has 0 rings (SSSR count). The number of phosphoric acid groups is 1. The van der Waals surface area contributed by atoms with E-state index >= 15 is 0 Å². The summed E-state index contributed by atoms with van der Waals surface area (Å²) < 4.78 is 20.7. The summed E-state index contributed by atoms with van der Waals surface area (Å²) >= 11 is 0. The molecule has 0 aliphatic carbocycles. The lowest BCUT2D eigenvalue weighted by molar-refractivity contribution is -0.139. The summed E-state index contributed by atoms with van der Waals surface area (Å²) in [5, 5.41) is 0. The van der Waals surface area contributed by atoms with Crippen LogP contribution in [0.15, 0.2) is 12.2 Å². The Hall–Kier alpha value is -0.680. The predicted octanol–water partition coefficient (Wildman–Crippen LogP) is 4.11. The quantitative estimate of drug-likeness (QED) is 0.212. The van der Waals surface area contributed by atoms with Gasteiger partial charge < -0.3 is 14.5 Å². The monoisotopic (exact) mass is 350 g/mol. The maximum absolute atomic E-state index is 11.3. The molecule has 1 atom stereocenters. The van der Waals surface area contributed by atoms with Gasteiger partial charge in [0.25, 0.3) is 0 Å². The van der Waals surface area contributed by atoms with Crippen LogP contribution >= 0.6 is 7.82 Å². The molecule has 0 fully saturated rings. The van der Waals surface area contributed by atoms with Crippen LogP contribution in [-0.4, -0.2) is 28.5 Å². The lowest BCUT2D eigenvalue weighted by Crippen LogP contribution is -2.16. The van der Waals surface area contributed by atoms with E-state index in [1.807, 2.05) is 0 Å². The number of carbonyl (C=O) groups excluding carboxylic acids is 1. The molecule has 0 saturated heterocycles. The van der Waals surface area contributed by atoms with E-state index in [1.165, 1.54) is 25.7 Å².